The Labute approximate surface area is 121 Å². The summed E-state index contributed by atoms with van der Waals surface area (Å²) in [7, 11) is 1.68. The third-order valence-corrected chi connectivity index (χ3v) is 3.89. The first kappa shape index (κ1) is 14.6. The van der Waals surface area contributed by atoms with Crippen molar-refractivity contribution in [1.29, 1.82) is 0 Å². The molecule has 1 saturated carbocycles. The zero-order valence-electron chi connectivity index (χ0n) is 12.3. The van der Waals surface area contributed by atoms with E-state index in [1.54, 1.807) is 13.2 Å². The van der Waals surface area contributed by atoms with Crippen molar-refractivity contribution in [1.82, 2.24) is 5.32 Å². The summed E-state index contributed by atoms with van der Waals surface area (Å²) in [5, 5.41) is 2.87. The molecular formula is C17H23NO2. The molecule has 0 spiro atoms. The van der Waals surface area contributed by atoms with Crippen LogP contribution in [0.25, 0.3) is 0 Å². The summed E-state index contributed by atoms with van der Waals surface area (Å²) in [5.41, 5.74) is 2.38. The summed E-state index contributed by atoms with van der Waals surface area (Å²) in [6, 6.07) is 6.25. The van der Waals surface area contributed by atoms with E-state index in [9.17, 15) is 4.79 Å². The molecule has 1 amide bonds. The Morgan fingerprint density at radius 2 is 2.30 bits per heavy atom. The van der Waals surface area contributed by atoms with Gasteiger partial charge in [-0.1, -0.05) is 18.2 Å². The van der Waals surface area contributed by atoms with Crippen LogP contribution in [-0.2, 0) is 4.79 Å². The molecular weight excluding hydrogens is 250 g/mol. The van der Waals surface area contributed by atoms with Crippen LogP contribution in [0.4, 0.5) is 0 Å². The number of amides is 1. The summed E-state index contributed by atoms with van der Waals surface area (Å²) >= 11 is 0. The Bertz CT molecular complexity index is 492. The van der Waals surface area contributed by atoms with Gasteiger partial charge in [0.2, 0.25) is 5.91 Å². The molecule has 1 aliphatic rings. The molecule has 0 bridgehead atoms. The molecule has 0 aromatic heterocycles. The average molecular weight is 273 g/mol. The fourth-order valence-electron chi connectivity index (χ4n) is 2.65. The zero-order valence-corrected chi connectivity index (χ0v) is 12.3. The van der Waals surface area contributed by atoms with Crippen LogP contribution in [0, 0.1) is 12.8 Å². The maximum absolute atomic E-state index is 11.9. The number of carbonyl (C=O) groups is 1. The van der Waals surface area contributed by atoms with Gasteiger partial charge in [0.1, 0.15) is 5.75 Å². The highest BCUT2D eigenvalue weighted by Gasteiger charge is 2.33. The number of hydrogen-bond acceptors (Lipinski definition) is 2. The van der Waals surface area contributed by atoms with Crippen LogP contribution in [0.2, 0.25) is 0 Å². The first-order chi connectivity index (χ1) is 9.65. The summed E-state index contributed by atoms with van der Waals surface area (Å²) in [6.07, 6.45) is 4.72. The van der Waals surface area contributed by atoms with Crippen molar-refractivity contribution in [3.05, 3.63) is 42.0 Å². The van der Waals surface area contributed by atoms with Crippen molar-refractivity contribution in [2.45, 2.75) is 32.1 Å². The van der Waals surface area contributed by atoms with Crippen LogP contribution in [-0.4, -0.2) is 19.6 Å². The van der Waals surface area contributed by atoms with Gasteiger partial charge in [0.05, 0.1) is 7.11 Å². The fraction of sp³-hybridized carbons (Fsp3) is 0.471. The molecule has 0 aliphatic heterocycles. The number of nitrogens with one attached hydrogen (secondary N) is 1. The van der Waals surface area contributed by atoms with E-state index in [0.717, 1.165) is 11.3 Å². The first-order valence-electron chi connectivity index (χ1n) is 7.17. The molecule has 3 nitrogen and oxygen atoms in total. The summed E-state index contributed by atoms with van der Waals surface area (Å²) in [4.78, 5) is 11.9. The van der Waals surface area contributed by atoms with Crippen LogP contribution in [0.15, 0.2) is 30.9 Å². The maximum atomic E-state index is 11.9. The van der Waals surface area contributed by atoms with Crippen molar-refractivity contribution in [3.63, 3.8) is 0 Å². The van der Waals surface area contributed by atoms with E-state index in [1.165, 1.54) is 18.4 Å². The second-order valence-corrected chi connectivity index (χ2v) is 5.47. The van der Waals surface area contributed by atoms with Gasteiger partial charge in [-0.05, 0) is 48.8 Å². The van der Waals surface area contributed by atoms with E-state index < -0.39 is 0 Å². The average Bonchev–Trinajstić information content (AvgIpc) is 3.27. The van der Waals surface area contributed by atoms with Gasteiger partial charge in [-0.2, -0.15) is 0 Å². The Kier molecular flexibility index (Phi) is 4.83. The summed E-state index contributed by atoms with van der Waals surface area (Å²) in [6.45, 7) is 6.20. The molecule has 0 heterocycles. The van der Waals surface area contributed by atoms with E-state index in [4.69, 9.17) is 4.74 Å². The SMILES string of the molecule is C=CCNC(=O)CC(c1ccc(OC)c(C)c1)C1CC1. The lowest BCUT2D eigenvalue weighted by molar-refractivity contribution is -0.121. The molecule has 1 aliphatic carbocycles. The lowest BCUT2D eigenvalue weighted by Crippen LogP contribution is -2.25. The van der Waals surface area contributed by atoms with Crippen LogP contribution in [0.5, 0.6) is 5.75 Å². The van der Waals surface area contributed by atoms with Gasteiger partial charge in [-0.15, -0.1) is 6.58 Å². The summed E-state index contributed by atoms with van der Waals surface area (Å²) in [5.74, 6) is 1.98. The van der Waals surface area contributed by atoms with E-state index in [-0.39, 0.29) is 5.91 Å². The van der Waals surface area contributed by atoms with Crippen LogP contribution < -0.4 is 10.1 Å². The highest BCUT2D eigenvalue weighted by atomic mass is 16.5. The number of benzene rings is 1. The standard InChI is InChI=1S/C17H23NO2/c1-4-9-18-17(19)11-15(13-5-6-13)14-7-8-16(20-3)12(2)10-14/h4,7-8,10,13,15H,1,5-6,9,11H2,2-3H3,(H,18,19). The number of methoxy groups -OCH3 is 1. The number of carbonyl (C=O) groups excluding carboxylic acids is 1. The van der Waals surface area contributed by atoms with Gasteiger partial charge < -0.3 is 10.1 Å². The molecule has 0 radical (unpaired) electrons. The lowest BCUT2D eigenvalue weighted by Gasteiger charge is -2.18. The van der Waals surface area contributed by atoms with Crippen molar-refractivity contribution in [2.24, 2.45) is 5.92 Å². The second-order valence-electron chi connectivity index (χ2n) is 5.47. The van der Waals surface area contributed by atoms with E-state index in [1.807, 2.05) is 13.0 Å². The van der Waals surface area contributed by atoms with Gasteiger partial charge in [-0.25, -0.2) is 0 Å². The zero-order chi connectivity index (χ0) is 14.5. The van der Waals surface area contributed by atoms with Crippen LogP contribution in [0.3, 0.4) is 0 Å². The molecule has 108 valence electrons. The Hall–Kier alpha value is -1.77. The minimum Gasteiger partial charge on any atom is -0.496 e. The molecule has 1 N–H and O–H groups in total. The van der Waals surface area contributed by atoms with E-state index >= 15 is 0 Å². The summed E-state index contributed by atoms with van der Waals surface area (Å²) < 4.78 is 5.30. The van der Waals surface area contributed by atoms with Crippen LogP contribution >= 0.6 is 0 Å². The van der Waals surface area contributed by atoms with Gasteiger partial charge >= 0.3 is 0 Å². The molecule has 3 heteroatoms. The monoisotopic (exact) mass is 273 g/mol. The third kappa shape index (κ3) is 3.62. The number of aryl methyl sites for hydroxylation is 1. The van der Waals surface area contributed by atoms with Gasteiger partial charge in [0.25, 0.3) is 0 Å². The third-order valence-electron chi connectivity index (χ3n) is 3.89. The Balaban J connectivity index is 2.10. The molecule has 1 fully saturated rings. The molecule has 20 heavy (non-hydrogen) atoms. The molecule has 1 aromatic carbocycles. The quantitative estimate of drug-likeness (QED) is 0.775. The van der Waals surface area contributed by atoms with Crippen LogP contribution in [0.1, 0.15) is 36.3 Å². The number of rotatable bonds is 7. The Morgan fingerprint density at radius 1 is 1.55 bits per heavy atom. The predicted molar refractivity (Wildman–Crippen MR) is 81.0 cm³/mol. The van der Waals surface area contributed by atoms with Gasteiger partial charge in [0, 0.05) is 13.0 Å². The van der Waals surface area contributed by atoms with Gasteiger partial charge in [0.15, 0.2) is 0 Å². The molecule has 0 saturated heterocycles. The van der Waals surface area contributed by atoms with Gasteiger partial charge in [-0.3, -0.25) is 4.79 Å². The van der Waals surface area contributed by atoms with Crippen molar-refractivity contribution >= 4 is 5.91 Å². The highest BCUT2D eigenvalue weighted by Crippen LogP contribution is 2.45. The van der Waals surface area contributed by atoms with Crippen molar-refractivity contribution in [2.75, 3.05) is 13.7 Å². The smallest absolute Gasteiger partial charge is 0.220 e. The van der Waals surface area contributed by atoms with Crippen molar-refractivity contribution in [3.8, 4) is 5.75 Å². The van der Waals surface area contributed by atoms with E-state index in [2.05, 4.69) is 24.0 Å². The van der Waals surface area contributed by atoms with Crippen molar-refractivity contribution < 1.29 is 9.53 Å². The topological polar surface area (TPSA) is 38.3 Å². The molecule has 2 rings (SSSR count). The lowest BCUT2D eigenvalue weighted by atomic mass is 9.89. The normalized spacial score (nSPS) is 15.5. The number of hydrogen-bond donors (Lipinski definition) is 1. The first-order valence-corrected chi connectivity index (χ1v) is 7.17. The highest BCUT2D eigenvalue weighted by molar-refractivity contribution is 5.77. The molecule has 1 atom stereocenters. The largest absolute Gasteiger partial charge is 0.496 e. The molecule has 1 aromatic rings. The maximum Gasteiger partial charge on any atom is 0.220 e. The van der Waals surface area contributed by atoms with E-state index in [0.29, 0.717) is 24.8 Å². The minimum atomic E-state index is 0.107. The number of ether oxygens (including phenoxy) is 1. The second kappa shape index (κ2) is 6.60. The molecule has 1 unspecified atom stereocenters. The fourth-order valence-corrected chi connectivity index (χ4v) is 2.65. The predicted octanol–water partition coefficient (Wildman–Crippen LogP) is 3.19. The minimum absolute atomic E-state index is 0.107. The Morgan fingerprint density at radius 3 is 2.85 bits per heavy atom.